The quantitative estimate of drug-likeness (QED) is 0.202. The Morgan fingerprint density at radius 1 is 0.918 bits per heavy atom. The van der Waals surface area contributed by atoms with Gasteiger partial charge >= 0.3 is 11.9 Å². The summed E-state index contributed by atoms with van der Waals surface area (Å²) < 4.78 is 17.3. The van der Waals surface area contributed by atoms with Crippen LogP contribution in [0.15, 0.2) is 11.6 Å². The normalized spacial score (nSPS) is 52.5. The third kappa shape index (κ3) is 5.30. The minimum Gasteiger partial charge on any atom is -0.481 e. The molecule has 0 spiro atoms. The van der Waals surface area contributed by atoms with Gasteiger partial charge in [0.05, 0.1) is 18.1 Å². The summed E-state index contributed by atoms with van der Waals surface area (Å²) >= 11 is 0. The molecule has 1 aliphatic heterocycles. The lowest BCUT2D eigenvalue weighted by Gasteiger charge is -2.70. The van der Waals surface area contributed by atoms with Crippen LogP contribution in [-0.4, -0.2) is 93.3 Å². The molecule has 15 unspecified atom stereocenters. The Labute approximate surface area is 289 Å². The summed E-state index contributed by atoms with van der Waals surface area (Å²) in [6.07, 6.45) is 0.758. The Bertz CT molecular complexity index is 1400. The molecule has 11 nitrogen and oxygen atoms in total. The lowest BCUT2D eigenvalue weighted by molar-refractivity contribution is -0.332. The van der Waals surface area contributed by atoms with E-state index < -0.39 is 65.0 Å². The Hall–Kier alpha value is -1.89. The van der Waals surface area contributed by atoms with Gasteiger partial charge in [-0.15, -0.1) is 0 Å². The highest BCUT2D eigenvalue weighted by molar-refractivity contribution is 5.95. The minimum atomic E-state index is -1.60. The monoisotopic (exact) mass is 690 g/mol. The summed E-state index contributed by atoms with van der Waals surface area (Å²) in [5, 5.41) is 53.3. The molecule has 11 heteroatoms. The molecule has 0 radical (unpaired) electrons. The SMILES string of the molecule is CC(=O)OCC1OC(OC2CCC3(C)C(CCC4(C)C3C(=O)C=C3C5CC(C)(C(=O)O)CCC5(C)CCC34C)C2(C)CO)C(O)C(O)C1O. The second-order valence-corrected chi connectivity index (χ2v) is 18.2. The Morgan fingerprint density at radius 3 is 2.22 bits per heavy atom. The smallest absolute Gasteiger partial charge is 0.309 e. The summed E-state index contributed by atoms with van der Waals surface area (Å²) in [6.45, 7) is 13.6. The molecule has 0 bridgehead atoms. The van der Waals surface area contributed by atoms with Crippen LogP contribution in [0, 0.1) is 50.2 Å². The van der Waals surface area contributed by atoms with Gasteiger partial charge in [-0.1, -0.05) is 40.2 Å². The number of carboxylic acid groups (broad SMARTS) is 1. The van der Waals surface area contributed by atoms with Crippen molar-refractivity contribution >= 4 is 17.7 Å². The highest BCUT2D eigenvalue weighted by Gasteiger charge is 2.71. The molecule has 0 aromatic carbocycles. The van der Waals surface area contributed by atoms with E-state index in [1.165, 1.54) is 6.92 Å². The van der Waals surface area contributed by atoms with Crippen molar-refractivity contribution in [2.24, 2.45) is 50.2 Å². The number of rotatable bonds is 6. The molecule has 6 aliphatic rings. The lowest BCUT2D eigenvalue weighted by atomic mass is 9.33. The highest BCUT2D eigenvalue weighted by Crippen LogP contribution is 2.75. The first-order valence-corrected chi connectivity index (χ1v) is 18.3. The van der Waals surface area contributed by atoms with Gasteiger partial charge in [0.1, 0.15) is 31.0 Å². The van der Waals surface area contributed by atoms with Gasteiger partial charge in [0.2, 0.25) is 0 Å². The molecule has 0 amide bonds. The maximum atomic E-state index is 14.7. The Morgan fingerprint density at radius 2 is 1.59 bits per heavy atom. The number of carboxylic acids is 1. The van der Waals surface area contributed by atoms with Gasteiger partial charge in [-0.05, 0) is 104 Å². The number of allylic oxidation sites excluding steroid dienone is 2. The number of hydrogen-bond donors (Lipinski definition) is 5. The molecule has 0 aromatic heterocycles. The summed E-state index contributed by atoms with van der Waals surface area (Å²) in [4.78, 5) is 38.5. The molecule has 1 saturated heterocycles. The van der Waals surface area contributed by atoms with E-state index in [4.69, 9.17) is 14.2 Å². The van der Waals surface area contributed by atoms with Crippen molar-refractivity contribution in [3.63, 3.8) is 0 Å². The molecular formula is C38H58O11. The predicted molar refractivity (Wildman–Crippen MR) is 177 cm³/mol. The van der Waals surface area contributed by atoms with E-state index in [1.54, 1.807) is 0 Å². The topological polar surface area (TPSA) is 180 Å². The van der Waals surface area contributed by atoms with E-state index in [0.29, 0.717) is 25.7 Å². The van der Waals surface area contributed by atoms with Gasteiger partial charge in [0.25, 0.3) is 0 Å². The second kappa shape index (κ2) is 12.1. The first kappa shape index (κ1) is 36.9. The molecule has 0 aromatic rings. The Kier molecular flexibility index (Phi) is 9.10. The number of carbonyl (C=O) groups is 3. The number of fused-ring (bicyclic) bond motifs is 7. The number of aliphatic carboxylic acids is 1. The van der Waals surface area contributed by atoms with Crippen LogP contribution in [0.1, 0.15) is 106 Å². The maximum Gasteiger partial charge on any atom is 0.309 e. The molecule has 1 heterocycles. The van der Waals surface area contributed by atoms with Gasteiger partial charge in [0, 0.05) is 18.3 Å². The largest absolute Gasteiger partial charge is 0.481 e. The van der Waals surface area contributed by atoms with E-state index in [-0.39, 0.29) is 53.0 Å². The van der Waals surface area contributed by atoms with Crippen LogP contribution < -0.4 is 0 Å². The van der Waals surface area contributed by atoms with Gasteiger partial charge in [0.15, 0.2) is 12.1 Å². The van der Waals surface area contributed by atoms with E-state index in [0.717, 1.165) is 37.7 Å². The minimum absolute atomic E-state index is 0.0284. The number of ether oxygens (including phenoxy) is 3. The van der Waals surface area contributed by atoms with E-state index in [1.807, 2.05) is 19.9 Å². The molecule has 6 rings (SSSR count). The van der Waals surface area contributed by atoms with Crippen molar-refractivity contribution in [2.45, 2.75) is 143 Å². The van der Waals surface area contributed by atoms with Crippen LogP contribution in [0.4, 0.5) is 0 Å². The number of esters is 1. The van der Waals surface area contributed by atoms with Crippen molar-refractivity contribution in [3.05, 3.63) is 11.6 Å². The van der Waals surface area contributed by atoms with Crippen molar-refractivity contribution in [1.29, 1.82) is 0 Å². The molecular weight excluding hydrogens is 632 g/mol. The molecule has 49 heavy (non-hydrogen) atoms. The van der Waals surface area contributed by atoms with Gasteiger partial charge in [-0.2, -0.15) is 0 Å². The fourth-order valence-electron chi connectivity index (χ4n) is 12.1. The molecule has 15 atom stereocenters. The van der Waals surface area contributed by atoms with Crippen molar-refractivity contribution in [3.8, 4) is 0 Å². The predicted octanol–water partition coefficient (Wildman–Crippen LogP) is 3.78. The Balaban J connectivity index is 1.30. The second-order valence-electron chi connectivity index (χ2n) is 18.2. The van der Waals surface area contributed by atoms with Crippen molar-refractivity contribution < 1.29 is 54.1 Å². The summed E-state index contributed by atoms with van der Waals surface area (Å²) in [5.41, 5.74) is -1.66. The zero-order valence-electron chi connectivity index (χ0n) is 30.2. The molecule has 5 aliphatic carbocycles. The summed E-state index contributed by atoms with van der Waals surface area (Å²) in [5.74, 6) is -1.63. The van der Waals surface area contributed by atoms with Crippen LogP contribution in [0.25, 0.3) is 0 Å². The number of hydrogen-bond acceptors (Lipinski definition) is 10. The van der Waals surface area contributed by atoms with Crippen LogP contribution in [0.2, 0.25) is 0 Å². The lowest BCUT2D eigenvalue weighted by Crippen LogP contribution is -2.68. The third-order valence-electron chi connectivity index (χ3n) is 15.6. The van der Waals surface area contributed by atoms with Gasteiger partial charge in [-0.3, -0.25) is 14.4 Å². The third-order valence-corrected chi connectivity index (χ3v) is 15.6. The maximum absolute atomic E-state index is 14.7. The number of aliphatic hydroxyl groups excluding tert-OH is 4. The van der Waals surface area contributed by atoms with Crippen LogP contribution in [-0.2, 0) is 28.6 Å². The highest BCUT2D eigenvalue weighted by atomic mass is 16.7. The molecule has 5 N–H and O–H groups in total. The fourth-order valence-corrected chi connectivity index (χ4v) is 12.1. The van der Waals surface area contributed by atoms with Gasteiger partial charge in [-0.25, -0.2) is 0 Å². The number of ketones is 1. The first-order valence-electron chi connectivity index (χ1n) is 18.3. The summed E-state index contributed by atoms with van der Waals surface area (Å²) in [6, 6.07) is 0. The zero-order chi connectivity index (χ0) is 36.1. The molecule has 276 valence electrons. The molecule has 5 fully saturated rings. The van der Waals surface area contributed by atoms with E-state index >= 15 is 0 Å². The van der Waals surface area contributed by atoms with Crippen molar-refractivity contribution in [2.75, 3.05) is 13.2 Å². The van der Waals surface area contributed by atoms with Crippen LogP contribution in [0.5, 0.6) is 0 Å². The average Bonchev–Trinajstić information content (AvgIpc) is 3.03. The fraction of sp³-hybridized carbons (Fsp3) is 0.868. The van der Waals surface area contributed by atoms with E-state index in [2.05, 4.69) is 27.7 Å². The standard InChI is InChI=1S/C38H58O11/c1-20(40)47-18-24-27(42)28(43)29(44)31(48-24)49-26-9-10-35(4)25(36(26,5)19-39)8-11-38(7)30(35)23(41)16-21-22-17-34(3,32(45)46)13-12-33(22,2)14-15-37(21,38)6/h16,22,24-31,39,42-44H,8-15,17-19H2,1-7H3,(H,45,46). The summed E-state index contributed by atoms with van der Waals surface area (Å²) in [7, 11) is 0. The van der Waals surface area contributed by atoms with Crippen LogP contribution >= 0.6 is 0 Å². The van der Waals surface area contributed by atoms with Crippen LogP contribution in [0.3, 0.4) is 0 Å². The first-order chi connectivity index (χ1) is 22.7. The number of aliphatic hydroxyl groups is 4. The average molecular weight is 691 g/mol. The zero-order valence-corrected chi connectivity index (χ0v) is 30.2. The van der Waals surface area contributed by atoms with E-state index in [9.17, 15) is 39.9 Å². The van der Waals surface area contributed by atoms with Gasteiger partial charge < -0.3 is 39.7 Å². The van der Waals surface area contributed by atoms with Crippen molar-refractivity contribution in [1.82, 2.24) is 0 Å². The number of carbonyl (C=O) groups excluding carboxylic acids is 2. The molecule has 4 saturated carbocycles.